The standard InChI is InChI=1S/C14H24N4O/c1-2-17-5-6-19-14(9-17)10-18-8-13(16-11-18)7-15-12-3-4-12/h8,11-12,14-15H,2-7,9-10H2,1H3. The Balaban J connectivity index is 1.48. The average molecular weight is 264 g/mol. The third kappa shape index (κ3) is 3.78. The summed E-state index contributed by atoms with van der Waals surface area (Å²) in [5.41, 5.74) is 1.13. The number of ether oxygens (including phenoxy) is 1. The molecule has 1 atom stereocenters. The highest BCUT2D eigenvalue weighted by Gasteiger charge is 2.21. The number of rotatable bonds is 6. The lowest BCUT2D eigenvalue weighted by atomic mass is 10.2. The van der Waals surface area contributed by atoms with E-state index >= 15 is 0 Å². The van der Waals surface area contributed by atoms with Crippen LogP contribution in [0.1, 0.15) is 25.5 Å². The first-order chi connectivity index (χ1) is 9.33. The third-order valence-electron chi connectivity index (χ3n) is 3.92. The SMILES string of the molecule is CCN1CCOC(Cn2cnc(CNC3CC3)c2)C1. The van der Waals surface area contributed by atoms with E-state index in [1.165, 1.54) is 12.8 Å². The van der Waals surface area contributed by atoms with Crippen LogP contribution in [0.15, 0.2) is 12.5 Å². The third-order valence-corrected chi connectivity index (χ3v) is 3.92. The molecule has 2 heterocycles. The first-order valence-electron chi connectivity index (χ1n) is 7.41. The van der Waals surface area contributed by atoms with Crippen molar-refractivity contribution in [2.75, 3.05) is 26.2 Å². The van der Waals surface area contributed by atoms with Crippen molar-refractivity contribution >= 4 is 0 Å². The van der Waals surface area contributed by atoms with Gasteiger partial charge in [0, 0.05) is 31.9 Å². The summed E-state index contributed by atoms with van der Waals surface area (Å²) in [6.07, 6.45) is 7.02. The number of imidazole rings is 1. The zero-order valence-corrected chi connectivity index (χ0v) is 11.7. The topological polar surface area (TPSA) is 42.3 Å². The van der Waals surface area contributed by atoms with Crippen molar-refractivity contribution in [1.82, 2.24) is 19.8 Å². The van der Waals surface area contributed by atoms with Gasteiger partial charge in [-0.1, -0.05) is 6.92 Å². The van der Waals surface area contributed by atoms with Gasteiger partial charge in [0.1, 0.15) is 0 Å². The summed E-state index contributed by atoms with van der Waals surface area (Å²) in [4.78, 5) is 6.90. The fourth-order valence-corrected chi connectivity index (χ4v) is 2.55. The van der Waals surface area contributed by atoms with E-state index in [4.69, 9.17) is 4.74 Å². The van der Waals surface area contributed by atoms with Crippen LogP contribution in [0.2, 0.25) is 0 Å². The molecule has 0 radical (unpaired) electrons. The summed E-state index contributed by atoms with van der Waals surface area (Å²) < 4.78 is 7.99. The van der Waals surface area contributed by atoms with E-state index in [-0.39, 0.29) is 0 Å². The maximum absolute atomic E-state index is 5.83. The molecule has 5 heteroatoms. The molecule has 1 aliphatic carbocycles. The van der Waals surface area contributed by atoms with Gasteiger partial charge in [-0.25, -0.2) is 4.98 Å². The summed E-state index contributed by atoms with van der Waals surface area (Å²) in [6.45, 7) is 8.07. The largest absolute Gasteiger partial charge is 0.374 e. The predicted molar refractivity (Wildman–Crippen MR) is 73.9 cm³/mol. The summed E-state index contributed by atoms with van der Waals surface area (Å²) >= 11 is 0. The molecular weight excluding hydrogens is 240 g/mol. The smallest absolute Gasteiger partial charge is 0.0950 e. The number of likely N-dealkylation sites (N-methyl/N-ethyl adjacent to an activating group) is 1. The second-order valence-corrected chi connectivity index (χ2v) is 5.60. The summed E-state index contributed by atoms with van der Waals surface area (Å²) in [6, 6.07) is 0.741. The zero-order valence-electron chi connectivity index (χ0n) is 11.7. The van der Waals surface area contributed by atoms with Crippen LogP contribution in [0, 0.1) is 0 Å². The molecule has 5 nitrogen and oxygen atoms in total. The Morgan fingerprint density at radius 2 is 2.37 bits per heavy atom. The number of hydrogen-bond acceptors (Lipinski definition) is 4. The van der Waals surface area contributed by atoms with Gasteiger partial charge >= 0.3 is 0 Å². The van der Waals surface area contributed by atoms with E-state index in [1.54, 1.807) is 0 Å². The molecule has 1 saturated carbocycles. The van der Waals surface area contributed by atoms with Crippen LogP contribution < -0.4 is 5.32 Å². The Kier molecular flexibility index (Phi) is 4.15. The van der Waals surface area contributed by atoms with Crippen LogP contribution >= 0.6 is 0 Å². The monoisotopic (exact) mass is 264 g/mol. The van der Waals surface area contributed by atoms with Crippen LogP contribution in [-0.4, -0.2) is 52.8 Å². The van der Waals surface area contributed by atoms with Gasteiger partial charge in [0.15, 0.2) is 0 Å². The maximum Gasteiger partial charge on any atom is 0.0950 e. The maximum atomic E-state index is 5.83. The van der Waals surface area contributed by atoms with Gasteiger partial charge in [0.2, 0.25) is 0 Å². The molecule has 1 aromatic heterocycles. The molecule has 1 N–H and O–H groups in total. The highest BCUT2D eigenvalue weighted by atomic mass is 16.5. The molecule has 2 fully saturated rings. The fourth-order valence-electron chi connectivity index (χ4n) is 2.55. The number of nitrogens with zero attached hydrogens (tertiary/aromatic N) is 3. The molecule has 0 spiro atoms. The van der Waals surface area contributed by atoms with Crippen molar-refractivity contribution in [3.63, 3.8) is 0 Å². The number of hydrogen-bond donors (Lipinski definition) is 1. The lowest BCUT2D eigenvalue weighted by Gasteiger charge is -2.32. The molecule has 1 aromatic rings. The number of aromatic nitrogens is 2. The van der Waals surface area contributed by atoms with E-state index < -0.39 is 0 Å². The van der Waals surface area contributed by atoms with Crippen molar-refractivity contribution in [3.8, 4) is 0 Å². The molecule has 1 aliphatic heterocycles. The van der Waals surface area contributed by atoms with Crippen LogP contribution in [0.3, 0.4) is 0 Å². The van der Waals surface area contributed by atoms with Gasteiger partial charge in [0.05, 0.1) is 31.3 Å². The van der Waals surface area contributed by atoms with Crippen molar-refractivity contribution in [2.45, 2.75) is 45.0 Å². The highest BCUT2D eigenvalue weighted by molar-refractivity contribution is 4.98. The molecule has 0 aromatic carbocycles. The van der Waals surface area contributed by atoms with E-state index in [0.29, 0.717) is 6.10 Å². The molecule has 19 heavy (non-hydrogen) atoms. The van der Waals surface area contributed by atoms with E-state index in [0.717, 1.165) is 51.1 Å². The van der Waals surface area contributed by atoms with Crippen LogP contribution in [-0.2, 0) is 17.8 Å². The normalized spacial score (nSPS) is 24.8. The van der Waals surface area contributed by atoms with Crippen LogP contribution in [0.25, 0.3) is 0 Å². The van der Waals surface area contributed by atoms with Crippen molar-refractivity contribution in [3.05, 3.63) is 18.2 Å². The van der Waals surface area contributed by atoms with Crippen molar-refractivity contribution < 1.29 is 4.74 Å². The summed E-state index contributed by atoms with van der Waals surface area (Å²) in [5.74, 6) is 0. The van der Waals surface area contributed by atoms with Crippen LogP contribution in [0.5, 0.6) is 0 Å². The summed E-state index contributed by atoms with van der Waals surface area (Å²) in [5, 5.41) is 3.49. The zero-order chi connectivity index (χ0) is 13.1. The van der Waals surface area contributed by atoms with Gasteiger partial charge in [-0.2, -0.15) is 0 Å². The second-order valence-electron chi connectivity index (χ2n) is 5.60. The van der Waals surface area contributed by atoms with Gasteiger partial charge in [-0.05, 0) is 19.4 Å². The Morgan fingerprint density at radius 3 is 3.16 bits per heavy atom. The molecule has 3 rings (SSSR count). The Hall–Kier alpha value is -0.910. The Labute approximate surface area is 114 Å². The second kappa shape index (κ2) is 6.03. The quantitative estimate of drug-likeness (QED) is 0.827. The minimum Gasteiger partial charge on any atom is -0.374 e. The van der Waals surface area contributed by atoms with Crippen molar-refractivity contribution in [2.24, 2.45) is 0 Å². The molecule has 1 saturated heterocycles. The van der Waals surface area contributed by atoms with E-state index in [1.807, 2.05) is 6.33 Å². The van der Waals surface area contributed by atoms with E-state index in [9.17, 15) is 0 Å². The lowest BCUT2D eigenvalue weighted by Crippen LogP contribution is -2.43. The van der Waals surface area contributed by atoms with Gasteiger partial charge in [-0.15, -0.1) is 0 Å². The predicted octanol–water partition coefficient (Wildman–Crippen LogP) is 0.856. The fraction of sp³-hybridized carbons (Fsp3) is 0.786. The first kappa shape index (κ1) is 13.1. The first-order valence-corrected chi connectivity index (χ1v) is 7.41. The van der Waals surface area contributed by atoms with Gasteiger partial charge in [0.25, 0.3) is 0 Å². The van der Waals surface area contributed by atoms with Crippen molar-refractivity contribution in [1.29, 1.82) is 0 Å². The number of morpholine rings is 1. The van der Waals surface area contributed by atoms with E-state index in [2.05, 4.69) is 32.9 Å². The minimum atomic E-state index is 0.298. The molecule has 0 bridgehead atoms. The lowest BCUT2D eigenvalue weighted by molar-refractivity contribution is -0.0343. The number of nitrogens with one attached hydrogen (secondary N) is 1. The Morgan fingerprint density at radius 1 is 1.47 bits per heavy atom. The average Bonchev–Trinajstić information content (AvgIpc) is 3.17. The molecule has 106 valence electrons. The minimum absolute atomic E-state index is 0.298. The van der Waals surface area contributed by atoms with Gasteiger partial charge < -0.3 is 14.6 Å². The summed E-state index contributed by atoms with van der Waals surface area (Å²) in [7, 11) is 0. The molecule has 1 unspecified atom stereocenters. The Bertz CT molecular complexity index is 402. The molecule has 2 aliphatic rings. The van der Waals surface area contributed by atoms with Crippen LogP contribution in [0.4, 0.5) is 0 Å². The molecule has 0 amide bonds. The molecular formula is C14H24N4O. The van der Waals surface area contributed by atoms with Gasteiger partial charge in [-0.3, -0.25) is 4.90 Å². The highest BCUT2D eigenvalue weighted by Crippen LogP contribution is 2.19.